The Bertz CT molecular complexity index is 173. The number of aliphatic hydroxyl groups is 1. The van der Waals surface area contributed by atoms with E-state index in [9.17, 15) is 5.11 Å². The van der Waals surface area contributed by atoms with Crippen molar-refractivity contribution in [3.63, 3.8) is 0 Å². The van der Waals surface area contributed by atoms with Gasteiger partial charge in [-0.3, -0.25) is 0 Å². The molecule has 2 fully saturated rings. The number of hydrogen-bond acceptors (Lipinski definition) is 3. The van der Waals surface area contributed by atoms with Crippen LogP contribution in [0.4, 0.5) is 0 Å². The van der Waals surface area contributed by atoms with Crippen LogP contribution in [0.15, 0.2) is 0 Å². The van der Waals surface area contributed by atoms with Crippen LogP contribution in [-0.4, -0.2) is 30.2 Å². The Morgan fingerprint density at radius 1 is 1.31 bits per heavy atom. The van der Waals surface area contributed by atoms with Gasteiger partial charge in [0.25, 0.3) is 0 Å². The van der Waals surface area contributed by atoms with E-state index in [1.54, 1.807) is 0 Å². The van der Waals surface area contributed by atoms with Crippen molar-refractivity contribution in [3.8, 4) is 0 Å². The summed E-state index contributed by atoms with van der Waals surface area (Å²) in [6.07, 6.45) is 4.00. The van der Waals surface area contributed by atoms with E-state index in [-0.39, 0.29) is 5.79 Å². The molecular weight excluding hydrogens is 168 g/mol. The van der Waals surface area contributed by atoms with Gasteiger partial charge in [-0.2, -0.15) is 0 Å². The van der Waals surface area contributed by atoms with Gasteiger partial charge in [0.15, 0.2) is 5.79 Å². The number of rotatable bonds is 0. The van der Waals surface area contributed by atoms with Crippen LogP contribution in [0.25, 0.3) is 0 Å². The highest BCUT2D eigenvalue weighted by molar-refractivity contribution is 4.82. The first-order valence-electron chi connectivity index (χ1n) is 5.16. The maximum atomic E-state index is 9.24. The summed E-state index contributed by atoms with van der Waals surface area (Å²) in [4.78, 5) is 0. The topological polar surface area (TPSA) is 38.7 Å². The first-order valence-corrected chi connectivity index (χ1v) is 5.16. The third-order valence-corrected chi connectivity index (χ3v) is 2.99. The van der Waals surface area contributed by atoms with Gasteiger partial charge in [0.2, 0.25) is 0 Å². The normalized spacial score (nSPS) is 46.6. The minimum atomic E-state index is -0.428. The lowest BCUT2D eigenvalue weighted by Gasteiger charge is -2.43. The summed E-state index contributed by atoms with van der Waals surface area (Å²) in [7, 11) is 0. The average Bonchev–Trinajstić information content (AvgIpc) is 2.11. The van der Waals surface area contributed by atoms with E-state index in [0.717, 1.165) is 12.8 Å². The molecule has 76 valence electrons. The molecule has 1 heterocycles. The second-order valence-electron chi connectivity index (χ2n) is 4.39. The molecule has 3 nitrogen and oxygen atoms in total. The van der Waals surface area contributed by atoms with Crippen molar-refractivity contribution < 1.29 is 14.6 Å². The smallest absolute Gasteiger partial charge is 0.168 e. The van der Waals surface area contributed by atoms with Crippen LogP contribution in [0.3, 0.4) is 0 Å². The van der Waals surface area contributed by atoms with Crippen molar-refractivity contribution in [3.05, 3.63) is 0 Å². The summed E-state index contributed by atoms with van der Waals surface area (Å²) in [5.41, 5.74) is 0. The predicted molar refractivity (Wildman–Crippen MR) is 48.3 cm³/mol. The largest absolute Gasteiger partial charge is 0.388 e. The predicted octanol–water partition coefficient (Wildman–Crippen LogP) is 1.30. The third kappa shape index (κ3) is 2.03. The molecule has 0 amide bonds. The van der Waals surface area contributed by atoms with Crippen molar-refractivity contribution in [2.45, 2.75) is 44.5 Å². The van der Waals surface area contributed by atoms with Crippen molar-refractivity contribution in [1.82, 2.24) is 0 Å². The quantitative estimate of drug-likeness (QED) is 0.619. The summed E-state index contributed by atoms with van der Waals surface area (Å²) >= 11 is 0. The Kier molecular flexibility index (Phi) is 2.58. The van der Waals surface area contributed by atoms with E-state index >= 15 is 0 Å². The van der Waals surface area contributed by atoms with Gasteiger partial charge in [-0.25, -0.2) is 0 Å². The molecule has 1 N–H and O–H groups in total. The van der Waals surface area contributed by atoms with Crippen LogP contribution in [0, 0.1) is 5.92 Å². The summed E-state index contributed by atoms with van der Waals surface area (Å²) in [6.45, 7) is 3.11. The Morgan fingerprint density at radius 3 is 2.62 bits per heavy atom. The van der Waals surface area contributed by atoms with Crippen LogP contribution in [0.5, 0.6) is 0 Å². The highest BCUT2D eigenvalue weighted by atomic mass is 16.7. The van der Waals surface area contributed by atoms with Crippen molar-refractivity contribution in [2.75, 3.05) is 13.2 Å². The molecule has 0 radical (unpaired) electrons. The Morgan fingerprint density at radius 2 is 2.00 bits per heavy atom. The van der Waals surface area contributed by atoms with E-state index in [1.807, 2.05) is 0 Å². The van der Waals surface area contributed by atoms with Gasteiger partial charge in [0, 0.05) is 12.8 Å². The molecule has 1 spiro atoms. The lowest BCUT2D eigenvalue weighted by molar-refractivity contribution is -0.308. The summed E-state index contributed by atoms with van der Waals surface area (Å²) < 4.78 is 11.2. The third-order valence-electron chi connectivity index (χ3n) is 2.99. The molecule has 1 aliphatic carbocycles. The highest BCUT2D eigenvalue weighted by Gasteiger charge is 2.40. The molecule has 0 aromatic rings. The molecule has 13 heavy (non-hydrogen) atoms. The molecule has 0 unspecified atom stereocenters. The zero-order valence-corrected chi connectivity index (χ0v) is 8.16. The minimum Gasteiger partial charge on any atom is -0.388 e. The molecule has 2 rings (SSSR count). The van der Waals surface area contributed by atoms with E-state index in [1.165, 1.54) is 12.8 Å². The van der Waals surface area contributed by atoms with Gasteiger partial charge in [0.05, 0.1) is 13.2 Å². The zero-order valence-electron chi connectivity index (χ0n) is 8.16. The van der Waals surface area contributed by atoms with Gasteiger partial charge in [-0.1, -0.05) is 13.3 Å². The number of hydrogen-bond donors (Lipinski definition) is 1. The highest BCUT2D eigenvalue weighted by Crippen LogP contribution is 2.37. The van der Waals surface area contributed by atoms with Gasteiger partial charge < -0.3 is 14.6 Å². The van der Waals surface area contributed by atoms with Crippen molar-refractivity contribution in [1.29, 1.82) is 0 Å². The molecule has 1 atom stereocenters. The van der Waals surface area contributed by atoms with E-state index in [4.69, 9.17) is 9.47 Å². The van der Waals surface area contributed by atoms with Gasteiger partial charge in [-0.15, -0.1) is 0 Å². The average molecular weight is 186 g/mol. The van der Waals surface area contributed by atoms with Crippen molar-refractivity contribution >= 4 is 0 Å². The van der Waals surface area contributed by atoms with Gasteiger partial charge in [0.1, 0.15) is 6.10 Å². The summed E-state index contributed by atoms with van der Waals surface area (Å²) in [6, 6.07) is 0. The zero-order chi connectivity index (χ0) is 9.31. The molecule has 1 aliphatic heterocycles. The lowest BCUT2D eigenvalue weighted by Crippen LogP contribution is -2.48. The van der Waals surface area contributed by atoms with Crippen LogP contribution in [0.2, 0.25) is 0 Å². The Balaban J connectivity index is 1.95. The van der Waals surface area contributed by atoms with E-state index < -0.39 is 6.10 Å². The maximum absolute atomic E-state index is 9.24. The lowest BCUT2D eigenvalue weighted by atomic mass is 9.85. The second kappa shape index (κ2) is 3.56. The fourth-order valence-electron chi connectivity index (χ4n) is 2.30. The van der Waals surface area contributed by atoms with E-state index in [2.05, 4.69) is 6.92 Å². The van der Waals surface area contributed by atoms with Crippen LogP contribution in [-0.2, 0) is 9.47 Å². The van der Waals surface area contributed by atoms with Crippen LogP contribution < -0.4 is 0 Å². The molecule has 1 saturated carbocycles. The number of ether oxygens (including phenoxy) is 2. The molecule has 2 aliphatic rings. The fraction of sp³-hybridized carbons (Fsp3) is 1.00. The summed E-state index contributed by atoms with van der Waals surface area (Å²) in [5.74, 6) is 0.334. The monoisotopic (exact) mass is 186 g/mol. The Labute approximate surface area is 79.0 Å². The molecular formula is C10H18O3. The first kappa shape index (κ1) is 9.44. The maximum Gasteiger partial charge on any atom is 0.168 e. The van der Waals surface area contributed by atoms with Crippen LogP contribution in [0.1, 0.15) is 32.6 Å². The first-order chi connectivity index (χ1) is 6.20. The Hall–Kier alpha value is -0.120. The second-order valence-corrected chi connectivity index (χ2v) is 4.39. The molecule has 0 bridgehead atoms. The number of aliphatic hydroxyl groups excluding tert-OH is 1. The molecule has 1 saturated heterocycles. The van der Waals surface area contributed by atoms with Gasteiger partial charge >= 0.3 is 0 Å². The van der Waals surface area contributed by atoms with E-state index in [0.29, 0.717) is 19.1 Å². The standard InChI is InChI=1S/C10H18O3/c1-8-3-2-4-10(5-8)12-6-9(11)7-13-10/h8-9,11H,2-7H2,1H3/t8-,9?,10?/m0/s1. The fourth-order valence-corrected chi connectivity index (χ4v) is 2.30. The minimum absolute atomic E-state index is 0.350. The van der Waals surface area contributed by atoms with Gasteiger partial charge in [-0.05, 0) is 12.3 Å². The van der Waals surface area contributed by atoms with Crippen LogP contribution >= 0.6 is 0 Å². The molecule has 0 aromatic heterocycles. The molecule has 3 heteroatoms. The summed E-state index contributed by atoms with van der Waals surface area (Å²) in [5, 5.41) is 9.24. The SMILES string of the molecule is C[C@H]1CCCC2(C1)OCC(O)CO2. The van der Waals surface area contributed by atoms with Crippen molar-refractivity contribution in [2.24, 2.45) is 5.92 Å². The molecule has 0 aromatic carbocycles.